The second-order valence-electron chi connectivity index (χ2n) is 9.73. The number of hydrogen-bond acceptors (Lipinski definition) is 6. The first-order valence-electron chi connectivity index (χ1n) is 13.0. The van der Waals surface area contributed by atoms with E-state index in [-0.39, 0.29) is 5.82 Å². The maximum atomic E-state index is 9.02. The first-order valence-corrected chi connectivity index (χ1v) is 13.0. The van der Waals surface area contributed by atoms with Gasteiger partial charge in [-0.3, -0.25) is 9.88 Å². The predicted molar refractivity (Wildman–Crippen MR) is 151 cm³/mol. The average molecular weight is 497 g/mol. The third-order valence-electron chi connectivity index (χ3n) is 7.19. The molecule has 5 aromatic rings. The van der Waals surface area contributed by atoms with Crippen LogP contribution in [0, 0.1) is 11.3 Å². The fourth-order valence-corrected chi connectivity index (χ4v) is 5.20. The standard InChI is InChI=1S/C32H28N6/c33-21-32-35-16-12-31(37-32)36-27-13-17-38(18-14-27)22-23-8-10-25(11-9-23)29-20-30-26(7-4-15-34-30)19-28(29)24-5-2-1-3-6-24/h1-12,15-16,19-20,27H,13-14,17-18,22H2,(H,35,36,37). The van der Waals surface area contributed by atoms with Gasteiger partial charge in [0.1, 0.15) is 11.9 Å². The molecule has 1 fully saturated rings. The molecule has 0 aliphatic carbocycles. The molecule has 0 spiro atoms. The molecule has 6 rings (SSSR count). The van der Waals surface area contributed by atoms with Crippen LogP contribution in [0.5, 0.6) is 0 Å². The first kappa shape index (κ1) is 23.8. The Labute approximate surface area is 222 Å². The van der Waals surface area contributed by atoms with Crippen molar-refractivity contribution in [2.75, 3.05) is 18.4 Å². The number of pyridine rings is 1. The third kappa shape index (κ3) is 5.24. The highest BCUT2D eigenvalue weighted by Crippen LogP contribution is 2.35. The lowest BCUT2D eigenvalue weighted by Crippen LogP contribution is -2.38. The Morgan fingerprint density at radius 3 is 2.37 bits per heavy atom. The summed E-state index contributed by atoms with van der Waals surface area (Å²) in [5.41, 5.74) is 7.15. The van der Waals surface area contributed by atoms with E-state index in [9.17, 15) is 0 Å². The Bertz CT molecular complexity index is 1580. The summed E-state index contributed by atoms with van der Waals surface area (Å²) in [6, 6.07) is 32.3. The van der Waals surface area contributed by atoms with Gasteiger partial charge in [-0.15, -0.1) is 0 Å². The van der Waals surface area contributed by atoms with E-state index in [1.807, 2.05) is 24.4 Å². The second-order valence-corrected chi connectivity index (χ2v) is 9.73. The van der Waals surface area contributed by atoms with Gasteiger partial charge in [-0.05, 0) is 64.9 Å². The molecule has 0 atom stereocenters. The summed E-state index contributed by atoms with van der Waals surface area (Å²) in [5, 5.41) is 13.6. The lowest BCUT2D eigenvalue weighted by atomic mass is 9.92. The number of rotatable bonds is 6. The van der Waals surface area contributed by atoms with Gasteiger partial charge in [0.2, 0.25) is 5.82 Å². The minimum atomic E-state index is 0.201. The lowest BCUT2D eigenvalue weighted by Gasteiger charge is -2.32. The van der Waals surface area contributed by atoms with E-state index in [1.54, 1.807) is 6.20 Å². The van der Waals surface area contributed by atoms with Crippen molar-refractivity contribution >= 4 is 16.7 Å². The van der Waals surface area contributed by atoms with Crippen molar-refractivity contribution in [3.05, 3.63) is 109 Å². The molecule has 0 amide bonds. The van der Waals surface area contributed by atoms with Crippen LogP contribution in [0.25, 0.3) is 33.2 Å². The quantitative estimate of drug-likeness (QED) is 0.297. The molecule has 186 valence electrons. The second kappa shape index (κ2) is 10.8. The molecule has 1 aliphatic heterocycles. The Morgan fingerprint density at radius 1 is 0.816 bits per heavy atom. The maximum Gasteiger partial charge on any atom is 0.234 e. The number of nitrogens with one attached hydrogen (secondary N) is 1. The number of benzene rings is 3. The molecule has 0 bridgehead atoms. The number of anilines is 1. The van der Waals surface area contributed by atoms with Crippen LogP contribution in [0.2, 0.25) is 0 Å². The van der Waals surface area contributed by atoms with Crippen molar-refractivity contribution in [1.82, 2.24) is 19.9 Å². The number of nitrogens with zero attached hydrogens (tertiary/aromatic N) is 5. The van der Waals surface area contributed by atoms with Crippen LogP contribution in [0.1, 0.15) is 24.2 Å². The summed E-state index contributed by atoms with van der Waals surface area (Å²) >= 11 is 0. The molecule has 1 saturated heterocycles. The number of fused-ring (bicyclic) bond motifs is 1. The minimum absolute atomic E-state index is 0.201. The first-order chi connectivity index (χ1) is 18.7. The van der Waals surface area contributed by atoms with Crippen molar-refractivity contribution in [1.29, 1.82) is 5.26 Å². The summed E-state index contributed by atoms with van der Waals surface area (Å²) < 4.78 is 0. The van der Waals surface area contributed by atoms with Gasteiger partial charge in [-0.2, -0.15) is 5.26 Å². The Hall–Kier alpha value is -4.60. The fourth-order valence-electron chi connectivity index (χ4n) is 5.20. The van der Waals surface area contributed by atoms with Gasteiger partial charge in [0.15, 0.2) is 0 Å². The average Bonchev–Trinajstić information content (AvgIpc) is 2.98. The Kier molecular flexibility index (Phi) is 6.75. The maximum absolute atomic E-state index is 9.02. The number of piperidine rings is 1. The normalized spacial score (nSPS) is 14.3. The van der Waals surface area contributed by atoms with E-state index in [0.29, 0.717) is 6.04 Å². The van der Waals surface area contributed by atoms with E-state index < -0.39 is 0 Å². The predicted octanol–water partition coefficient (Wildman–Crippen LogP) is 6.31. The zero-order valence-corrected chi connectivity index (χ0v) is 21.1. The lowest BCUT2D eigenvalue weighted by molar-refractivity contribution is 0.211. The highest BCUT2D eigenvalue weighted by atomic mass is 15.1. The monoisotopic (exact) mass is 496 g/mol. The van der Waals surface area contributed by atoms with E-state index in [2.05, 4.69) is 98.0 Å². The van der Waals surface area contributed by atoms with Gasteiger partial charge in [0.05, 0.1) is 5.52 Å². The summed E-state index contributed by atoms with van der Waals surface area (Å²) in [4.78, 5) is 15.3. The molecule has 3 heterocycles. The van der Waals surface area contributed by atoms with Gasteiger partial charge in [-0.1, -0.05) is 60.7 Å². The molecule has 38 heavy (non-hydrogen) atoms. The van der Waals surface area contributed by atoms with Gasteiger partial charge in [0, 0.05) is 43.5 Å². The highest BCUT2D eigenvalue weighted by molar-refractivity contribution is 5.94. The van der Waals surface area contributed by atoms with Gasteiger partial charge in [0.25, 0.3) is 0 Å². The van der Waals surface area contributed by atoms with E-state index in [0.717, 1.165) is 49.2 Å². The summed E-state index contributed by atoms with van der Waals surface area (Å²) in [5.74, 6) is 0.927. The van der Waals surface area contributed by atoms with Crippen LogP contribution in [0.15, 0.2) is 97.3 Å². The van der Waals surface area contributed by atoms with E-state index in [4.69, 9.17) is 5.26 Å². The van der Waals surface area contributed by atoms with Crippen LogP contribution in [-0.4, -0.2) is 39.0 Å². The molecule has 6 nitrogen and oxygen atoms in total. The van der Waals surface area contributed by atoms with Crippen LogP contribution < -0.4 is 5.32 Å². The third-order valence-corrected chi connectivity index (χ3v) is 7.19. The molecular weight excluding hydrogens is 468 g/mol. The van der Waals surface area contributed by atoms with Crippen molar-refractivity contribution in [2.45, 2.75) is 25.4 Å². The summed E-state index contributed by atoms with van der Waals surface area (Å²) in [6.45, 7) is 2.97. The molecule has 1 aliphatic rings. The van der Waals surface area contributed by atoms with Crippen molar-refractivity contribution in [3.8, 4) is 28.3 Å². The van der Waals surface area contributed by atoms with Crippen LogP contribution in [0.3, 0.4) is 0 Å². The summed E-state index contributed by atoms with van der Waals surface area (Å²) in [6.07, 6.45) is 5.56. The van der Waals surface area contributed by atoms with Crippen LogP contribution in [0.4, 0.5) is 5.82 Å². The summed E-state index contributed by atoms with van der Waals surface area (Å²) in [7, 11) is 0. The SMILES string of the molecule is N#Cc1nccc(NC2CCN(Cc3ccc(-c4cc5ncccc5cc4-c4ccccc4)cc3)CC2)n1. The van der Waals surface area contributed by atoms with Gasteiger partial charge >= 0.3 is 0 Å². The smallest absolute Gasteiger partial charge is 0.234 e. The molecule has 2 aromatic heterocycles. The highest BCUT2D eigenvalue weighted by Gasteiger charge is 2.20. The number of nitriles is 1. The minimum Gasteiger partial charge on any atom is -0.367 e. The molecular formula is C32H28N6. The molecule has 3 aromatic carbocycles. The molecule has 6 heteroatoms. The molecule has 1 N–H and O–H groups in total. The van der Waals surface area contributed by atoms with Gasteiger partial charge < -0.3 is 5.32 Å². The van der Waals surface area contributed by atoms with E-state index >= 15 is 0 Å². The van der Waals surface area contributed by atoms with Crippen molar-refractivity contribution in [2.24, 2.45) is 0 Å². The van der Waals surface area contributed by atoms with Crippen LogP contribution in [-0.2, 0) is 6.54 Å². The molecule has 0 saturated carbocycles. The zero-order valence-electron chi connectivity index (χ0n) is 21.1. The Balaban J connectivity index is 1.15. The van der Waals surface area contributed by atoms with Crippen molar-refractivity contribution < 1.29 is 0 Å². The van der Waals surface area contributed by atoms with Gasteiger partial charge in [-0.25, -0.2) is 9.97 Å². The topological polar surface area (TPSA) is 77.7 Å². The van der Waals surface area contributed by atoms with Crippen LogP contribution >= 0.6 is 0 Å². The fraction of sp³-hybridized carbons (Fsp3) is 0.188. The number of likely N-dealkylation sites (tertiary alicyclic amines) is 1. The van der Waals surface area contributed by atoms with Crippen molar-refractivity contribution in [3.63, 3.8) is 0 Å². The molecule has 0 radical (unpaired) electrons. The van der Waals surface area contributed by atoms with E-state index in [1.165, 1.54) is 27.8 Å². The zero-order chi connectivity index (χ0) is 25.7. The number of hydrogen-bond donors (Lipinski definition) is 1. The Morgan fingerprint density at radius 2 is 1.58 bits per heavy atom. The molecule has 0 unspecified atom stereocenters. The largest absolute Gasteiger partial charge is 0.367 e. The number of aromatic nitrogens is 3.